The molecule has 4 aliphatic rings. The van der Waals surface area contributed by atoms with Crippen LogP contribution >= 0.6 is 0 Å². The number of hydrogen-bond acceptors (Lipinski definition) is 21. The van der Waals surface area contributed by atoms with Crippen molar-refractivity contribution >= 4 is 0 Å². The fourth-order valence-corrected chi connectivity index (χ4v) is 5.52. The van der Waals surface area contributed by atoms with Crippen LogP contribution in [0.2, 0.25) is 0 Å². The van der Waals surface area contributed by atoms with Crippen LogP contribution in [0.3, 0.4) is 0 Å². The van der Waals surface area contributed by atoms with E-state index in [0.29, 0.717) is 0 Å². The van der Waals surface area contributed by atoms with Crippen LogP contribution in [0.25, 0.3) is 0 Å². The minimum absolute atomic E-state index is 0.770. The Morgan fingerprint density at radius 3 is 1.09 bits per heavy atom. The van der Waals surface area contributed by atoms with E-state index < -0.39 is 149 Å². The molecule has 0 saturated carbocycles. The molecule has 21 nitrogen and oxygen atoms in total. The van der Waals surface area contributed by atoms with Gasteiger partial charge in [-0.25, -0.2) is 0 Å². The zero-order chi connectivity index (χ0) is 33.3. The standard InChI is InChI=1S/C24H42O21/c25-1-5-10(30)14(34)20(21(38)39-5)45-24-17(37)19(12(32)8(4-28)42-24)44-23-16(36)18(11(31)7(3-27)41-23)43-22-15(35)13(33)9(29)6(2-26)40-22/h5-38H,1-4H2/t5-,6-,7-,8-,9-,10-,11-,12-,13+,14+,15-,16-,17+,18+,19+,20+,21?,22-,23-,24-/m1/s1. The molecule has 0 amide bonds. The summed E-state index contributed by atoms with van der Waals surface area (Å²) in [7, 11) is 0. The molecule has 4 saturated heterocycles. The van der Waals surface area contributed by atoms with Gasteiger partial charge in [0.2, 0.25) is 0 Å². The highest BCUT2D eigenvalue weighted by Gasteiger charge is 2.55. The fraction of sp³-hybridized carbons (Fsp3) is 1.00. The normalized spacial score (nSPS) is 52.9. The Kier molecular flexibility index (Phi) is 12.8. The molecular weight excluding hydrogens is 624 g/mol. The summed E-state index contributed by atoms with van der Waals surface area (Å²) >= 11 is 0. The Morgan fingerprint density at radius 2 is 0.667 bits per heavy atom. The van der Waals surface area contributed by atoms with Crippen LogP contribution in [0.15, 0.2) is 0 Å². The van der Waals surface area contributed by atoms with E-state index in [1.165, 1.54) is 0 Å². The van der Waals surface area contributed by atoms with Crippen molar-refractivity contribution in [3.8, 4) is 0 Å². The molecule has 0 radical (unpaired) electrons. The summed E-state index contributed by atoms with van der Waals surface area (Å²) in [5.74, 6) is 0. The Hall–Kier alpha value is -0.840. The quantitative estimate of drug-likeness (QED) is 0.103. The predicted molar refractivity (Wildman–Crippen MR) is 134 cm³/mol. The molecule has 4 fully saturated rings. The third kappa shape index (κ3) is 7.44. The van der Waals surface area contributed by atoms with E-state index in [1.807, 2.05) is 0 Å². The summed E-state index contributed by atoms with van der Waals surface area (Å²) in [6.45, 7) is -3.39. The predicted octanol–water partition coefficient (Wildman–Crippen LogP) is -9.75. The molecule has 0 aromatic rings. The summed E-state index contributed by atoms with van der Waals surface area (Å²) in [4.78, 5) is 0. The topological polar surface area (TPSA) is 348 Å². The van der Waals surface area contributed by atoms with Gasteiger partial charge in [0.05, 0.1) is 26.4 Å². The molecule has 264 valence electrons. The second kappa shape index (κ2) is 15.6. The maximum atomic E-state index is 11.0. The van der Waals surface area contributed by atoms with Gasteiger partial charge in [0.1, 0.15) is 97.7 Å². The summed E-state index contributed by atoms with van der Waals surface area (Å²) in [6, 6.07) is 0. The highest BCUT2D eigenvalue weighted by Crippen LogP contribution is 2.34. The Labute approximate surface area is 254 Å². The summed E-state index contributed by atoms with van der Waals surface area (Å²) in [5.41, 5.74) is 0. The number of rotatable bonds is 10. The van der Waals surface area contributed by atoms with Crippen molar-refractivity contribution in [2.75, 3.05) is 26.4 Å². The van der Waals surface area contributed by atoms with Gasteiger partial charge < -0.3 is 105 Å². The van der Waals surface area contributed by atoms with Crippen molar-refractivity contribution in [1.82, 2.24) is 0 Å². The van der Waals surface area contributed by atoms with Crippen LogP contribution < -0.4 is 0 Å². The zero-order valence-corrected chi connectivity index (χ0v) is 23.5. The van der Waals surface area contributed by atoms with Gasteiger partial charge in [0.15, 0.2) is 25.2 Å². The van der Waals surface area contributed by atoms with Crippen LogP contribution in [0.1, 0.15) is 0 Å². The lowest BCUT2D eigenvalue weighted by atomic mass is 9.95. The van der Waals surface area contributed by atoms with E-state index in [2.05, 4.69) is 0 Å². The van der Waals surface area contributed by atoms with Crippen LogP contribution in [0.4, 0.5) is 0 Å². The second-order valence-corrected chi connectivity index (χ2v) is 11.1. The molecule has 20 atom stereocenters. The first-order valence-corrected chi connectivity index (χ1v) is 14.1. The van der Waals surface area contributed by atoms with E-state index in [1.54, 1.807) is 0 Å². The molecule has 21 heteroatoms. The highest BCUT2D eigenvalue weighted by atomic mass is 16.8. The maximum Gasteiger partial charge on any atom is 0.187 e. The van der Waals surface area contributed by atoms with E-state index in [9.17, 15) is 71.5 Å². The van der Waals surface area contributed by atoms with Crippen LogP contribution in [-0.2, 0) is 33.2 Å². The van der Waals surface area contributed by atoms with Gasteiger partial charge in [-0.1, -0.05) is 0 Å². The summed E-state index contributed by atoms with van der Waals surface area (Å²) < 4.78 is 37.5. The minimum atomic E-state index is -2.05. The second-order valence-electron chi connectivity index (χ2n) is 11.1. The Bertz CT molecular complexity index is 916. The molecule has 4 heterocycles. The van der Waals surface area contributed by atoms with Gasteiger partial charge >= 0.3 is 0 Å². The smallest absolute Gasteiger partial charge is 0.187 e. The molecule has 0 spiro atoms. The monoisotopic (exact) mass is 666 g/mol. The van der Waals surface area contributed by atoms with Crippen molar-refractivity contribution in [3.63, 3.8) is 0 Å². The number of aliphatic hydroxyl groups is 14. The summed E-state index contributed by atoms with van der Waals surface area (Å²) in [6.07, 6.45) is -36.1. The lowest BCUT2D eigenvalue weighted by Gasteiger charge is -2.49. The molecule has 4 rings (SSSR count). The zero-order valence-electron chi connectivity index (χ0n) is 23.5. The number of hydrogen-bond donors (Lipinski definition) is 14. The van der Waals surface area contributed by atoms with E-state index in [-0.39, 0.29) is 0 Å². The first-order chi connectivity index (χ1) is 21.3. The molecule has 14 N–H and O–H groups in total. The van der Waals surface area contributed by atoms with Crippen molar-refractivity contribution in [3.05, 3.63) is 0 Å². The lowest BCUT2D eigenvalue weighted by molar-refractivity contribution is -0.391. The largest absolute Gasteiger partial charge is 0.394 e. The fourth-order valence-electron chi connectivity index (χ4n) is 5.52. The van der Waals surface area contributed by atoms with Crippen molar-refractivity contribution in [2.45, 2.75) is 123 Å². The molecular formula is C24H42O21. The molecule has 0 aliphatic carbocycles. The van der Waals surface area contributed by atoms with E-state index in [0.717, 1.165) is 0 Å². The molecule has 0 bridgehead atoms. The van der Waals surface area contributed by atoms with E-state index in [4.69, 9.17) is 33.2 Å². The van der Waals surface area contributed by atoms with Gasteiger partial charge in [-0.05, 0) is 0 Å². The summed E-state index contributed by atoms with van der Waals surface area (Å²) in [5, 5.41) is 143. The lowest BCUT2D eigenvalue weighted by Crippen LogP contribution is -2.67. The molecule has 4 aliphatic heterocycles. The van der Waals surface area contributed by atoms with Gasteiger partial charge in [-0.2, -0.15) is 0 Å². The maximum absolute atomic E-state index is 11.0. The number of ether oxygens (including phenoxy) is 7. The van der Waals surface area contributed by atoms with Crippen molar-refractivity contribution < 1.29 is 105 Å². The third-order valence-corrected chi connectivity index (χ3v) is 8.21. The van der Waals surface area contributed by atoms with Crippen LogP contribution in [0.5, 0.6) is 0 Å². The average Bonchev–Trinajstić information content (AvgIpc) is 3.02. The van der Waals surface area contributed by atoms with Gasteiger partial charge in [0, 0.05) is 0 Å². The first-order valence-electron chi connectivity index (χ1n) is 14.1. The van der Waals surface area contributed by atoms with Crippen molar-refractivity contribution in [2.24, 2.45) is 0 Å². The van der Waals surface area contributed by atoms with Crippen LogP contribution in [-0.4, -0.2) is 221 Å². The highest BCUT2D eigenvalue weighted by molar-refractivity contribution is 4.97. The number of aliphatic hydroxyl groups excluding tert-OH is 14. The SMILES string of the molecule is OC[C@H]1O[C@H](O[C@@H]2[C@@H](O)[C@@H](O[C@@H]3[C@H](O)[C@@H](O[C@@H]4C(O)O[C@H](CO)[C@@H](O)[C@@H]4O)O[C@H](CO)[C@H]3O)O[C@H](CO)[C@H]2O)[C@H](O)[C@@H](O)[C@@H]1O. The van der Waals surface area contributed by atoms with Gasteiger partial charge in [-0.3, -0.25) is 0 Å². The van der Waals surface area contributed by atoms with Crippen LogP contribution in [0, 0.1) is 0 Å². The third-order valence-electron chi connectivity index (χ3n) is 8.21. The van der Waals surface area contributed by atoms with Crippen molar-refractivity contribution in [1.29, 1.82) is 0 Å². The first kappa shape index (κ1) is 37.0. The minimum Gasteiger partial charge on any atom is -0.394 e. The average molecular weight is 667 g/mol. The molecule has 0 aromatic carbocycles. The van der Waals surface area contributed by atoms with E-state index >= 15 is 0 Å². The Morgan fingerprint density at radius 1 is 0.333 bits per heavy atom. The Balaban J connectivity index is 1.52. The molecule has 0 aromatic heterocycles. The van der Waals surface area contributed by atoms with Gasteiger partial charge in [0.25, 0.3) is 0 Å². The molecule has 45 heavy (non-hydrogen) atoms. The van der Waals surface area contributed by atoms with Gasteiger partial charge in [-0.15, -0.1) is 0 Å². The molecule has 1 unspecified atom stereocenters.